The standard InChI is InChI=1S/C33H43NO5/c1-4-5-17-34-29(35)20-39-33(30(34)22-9-7-6-8-10-22)19-28-27-13-11-23-18-24(38-21-37-3)12-14-25(23)26(27)15-16-32(28,2)31(33)36/h6-10,12,14,18,26-28,30-31,36H,4-5,11,13,15-17,19-21H2,1-3H3/t26-,27-,28+,30+,31-,32+,33+/m1/s1. The number of aliphatic hydroxyl groups excluding tert-OH is 1. The highest BCUT2D eigenvalue weighted by molar-refractivity contribution is 5.79. The third-order valence-corrected chi connectivity index (χ3v) is 10.5. The predicted molar refractivity (Wildman–Crippen MR) is 149 cm³/mol. The molecule has 0 unspecified atom stereocenters. The van der Waals surface area contributed by atoms with E-state index < -0.39 is 11.7 Å². The lowest BCUT2D eigenvalue weighted by Crippen LogP contribution is -2.61. The van der Waals surface area contributed by atoms with Crippen LogP contribution in [-0.4, -0.2) is 54.7 Å². The van der Waals surface area contributed by atoms with Crippen LogP contribution in [0.5, 0.6) is 5.75 Å². The quantitative estimate of drug-likeness (QED) is 0.467. The van der Waals surface area contributed by atoms with Gasteiger partial charge in [0.15, 0.2) is 6.79 Å². The largest absolute Gasteiger partial charge is 0.468 e. The first-order chi connectivity index (χ1) is 18.9. The van der Waals surface area contributed by atoms with E-state index in [4.69, 9.17) is 14.2 Å². The second-order valence-electron chi connectivity index (χ2n) is 12.5. The van der Waals surface area contributed by atoms with Crippen molar-refractivity contribution < 1.29 is 24.1 Å². The minimum Gasteiger partial charge on any atom is -0.468 e. The molecule has 1 spiro atoms. The molecule has 2 aromatic rings. The van der Waals surface area contributed by atoms with Gasteiger partial charge < -0.3 is 24.2 Å². The number of hydrogen-bond donors (Lipinski definition) is 1. The summed E-state index contributed by atoms with van der Waals surface area (Å²) in [5.74, 6) is 2.19. The van der Waals surface area contributed by atoms with Crippen LogP contribution in [0.25, 0.3) is 0 Å². The number of hydrogen-bond acceptors (Lipinski definition) is 5. The van der Waals surface area contributed by atoms with Crippen molar-refractivity contribution in [3.05, 3.63) is 65.2 Å². The normalized spacial score (nSPS) is 35.4. The molecule has 210 valence electrons. The van der Waals surface area contributed by atoms with Gasteiger partial charge in [0.1, 0.15) is 18.0 Å². The number of nitrogens with zero attached hydrogens (tertiary/aromatic N) is 1. The maximum absolute atomic E-state index is 13.3. The van der Waals surface area contributed by atoms with Gasteiger partial charge in [-0.15, -0.1) is 0 Å². The lowest BCUT2D eigenvalue weighted by molar-refractivity contribution is -0.208. The topological polar surface area (TPSA) is 68.2 Å². The molecule has 0 radical (unpaired) electrons. The van der Waals surface area contributed by atoms with Crippen molar-refractivity contribution in [2.45, 2.75) is 82.5 Å². The van der Waals surface area contributed by atoms with E-state index in [1.54, 1.807) is 7.11 Å². The summed E-state index contributed by atoms with van der Waals surface area (Å²) in [6.45, 7) is 5.45. The third-order valence-electron chi connectivity index (χ3n) is 10.5. The average Bonchev–Trinajstić information content (AvgIpc) is 3.19. The molecular weight excluding hydrogens is 490 g/mol. The molecule has 2 saturated carbocycles. The summed E-state index contributed by atoms with van der Waals surface area (Å²) in [6, 6.07) is 16.5. The SMILES string of the molecule is CCCCN1C(=O)CO[C@@]2(C[C@H]3[C@@H]4CCc5cc(OCOC)ccc5[C@H]4CC[C@]3(C)[C@H]2O)[C@@H]1c1ccccc1. The smallest absolute Gasteiger partial charge is 0.249 e. The van der Waals surface area contributed by atoms with E-state index in [0.717, 1.165) is 56.3 Å². The molecule has 6 nitrogen and oxygen atoms in total. The van der Waals surface area contributed by atoms with E-state index in [1.165, 1.54) is 11.1 Å². The first kappa shape index (κ1) is 26.8. The maximum Gasteiger partial charge on any atom is 0.249 e. The minimum absolute atomic E-state index is 0.0334. The number of aliphatic hydroxyl groups is 1. The molecule has 1 amide bonds. The predicted octanol–water partition coefficient (Wildman–Crippen LogP) is 5.64. The molecule has 1 saturated heterocycles. The van der Waals surface area contributed by atoms with Crippen molar-refractivity contribution in [1.82, 2.24) is 4.90 Å². The summed E-state index contributed by atoms with van der Waals surface area (Å²) >= 11 is 0. The Kier molecular flexibility index (Phi) is 7.23. The lowest BCUT2D eigenvalue weighted by atomic mass is 9.55. The van der Waals surface area contributed by atoms with Gasteiger partial charge in [-0.25, -0.2) is 0 Å². The Morgan fingerprint density at radius 3 is 2.74 bits per heavy atom. The highest BCUT2D eigenvalue weighted by Gasteiger charge is 2.69. The van der Waals surface area contributed by atoms with Gasteiger partial charge in [0.2, 0.25) is 5.91 Å². The molecule has 7 atom stereocenters. The lowest BCUT2D eigenvalue weighted by Gasteiger charge is -2.51. The number of morpholine rings is 1. The average molecular weight is 534 g/mol. The molecular formula is C33H43NO5. The zero-order chi connectivity index (χ0) is 27.2. The summed E-state index contributed by atoms with van der Waals surface area (Å²) in [6.07, 6.45) is 6.24. The van der Waals surface area contributed by atoms with Crippen molar-refractivity contribution in [1.29, 1.82) is 0 Å². The highest BCUT2D eigenvalue weighted by Crippen LogP contribution is 2.66. The van der Waals surface area contributed by atoms with Gasteiger partial charge in [-0.1, -0.05) is 56.7 Å². The Labute approximate surface area is 232 Å². The van der Waals surface area contributed by atoms with Crippen molar-refractivity contribution in [3.8, 4) is 5.75 Å². The van der Waals surface area contributed by atoms with Gasteiger partial charge in [0, 0.05) is 13.7 Å². The number of fused-ring (bicyclic) bond motifs is 5. The molecule has 6 rings (SSSR count). The van der Waals surface area contributed by atoms with Gasteiger partial charge in [0.25, 0.3) is 0 Å². The fourth-order valence-electron chi connectivity index (χ4n) is 8.71. The van der Waals surface area contributed by atoms with Crippen LogP contribution in [0, 0.1) is 17.3 Å². The van der Waals surface area contributed by atoms with Crippen molar-refractivity contribution in [2.75, 3.05) is 27.1 Å². The van der Waals surface area contributed by atoms with Crippen molar-refractivity contribution in [2.24, 2.45) is 17.3 Å². The molecule has 4 aliphatic rings. The Balaban J connectivity index is 1.36. The summed E-state index contributed by atoms with van der Waals surface area (Å²) in [5.41, 5.74) is 2.85. The minimum atomic E-state index is -0.796. The zero-order valence-corrected chi connectivity index (χ0v) is 23.6. The Hall–Kier alpha value is -2.41. The van der Waals surface area contributed by atoms with Crippen LogP contribution in [0.15, 0.2) is 48.5 Å². The number of aryl methyl sites for hydroxylation is 1. The summed E-state index contributed by atoms with van der Waals surface area (Å²) < 4.78 is 17.4. The number of amides is 1. The summed E-state index contributed by atoms with van der Waals surface area (Å²) in [7, 11) is 1.64. The van der Waals surface area contributed by atoms with Gasteiger partial charge in [0.05, 0.1) is 12.1 Å². The molecule has 39 heavy (non-hydrogen) atoms. The van der Waals surface area contributed by atoms with Crippen LogP contribution < -0.4 is 4.74 Å². The number of methoxy groups -OCH3 is 1. The number of carbonyl (C=O) groups excluding carboxylic acids is 1. The fraction of sp³-hybridized carbons (Fsp3) is 0.606. The number of ether oxygens (including phenoxy) is 3. The van der Waals surface area contributed by atoms with E-state index in [-0.39, 0.29) is 30.8 Å². The van der Waals surface area contributed by atoms with Crippen LogP contribution in [0.3, 0.4) is 0 Å². The van der Waals surface area contributed by atoms with Crippen LogP contribution >= 0.6 is 0 Å². The molecule has 1 aliphatic heterocycles. The molecule has 6 heteroatoms. The van der Waals surface area contributed by atoms with Gasteiger partial charge in [-0.2, -0.15) is 0 Å². The van der Waals surface area contributed by atoms with E-state index >= 15 is 0 Å². The zero-order valence-electron chi connectivity index (χ0n) is 23.6. The van der Waals surface area contributed by atoms with Gasteiger partial charge in [-0.3, -0.25) is 4.79 Å². The van der Waals surface area contributed by atoms with E-state index in [0.29, 0.717) is 24.3 Å². The van der Waals surface area contributed by atoms with Crippen LogP contribution in [0.1, 0.15) is 81.0 Å². The van der Waals surface area contributed by atoms with Crippen LogP contribution in [-0.2, 0) is 20.7 Å². The number of benzene rings is 2. The van der Waals surface area contributed by atoms with Crippen molar-refractivity contribution in [3.63, 3.8) is 0 Å². The Morgan fingerprint density at radius 2 is 1.97 bits per heavy atom. The number of carbonyl (C=O) groups is 1. The fourth-order valence-corrected chi connectivity index (χ4v) is 8.71. The molecule has 1 N–H and O–H groups in total. The first-order valence-electron chi connectivity index (χ1n) is 14.8. The second-order valence-corrected chi connectivity index (χ2v) is 12.5. The number of unbranched alkanes of at least 4 members (excludes halogenated alkanes) is 1. The summed E-state index contributed by atoms with van der Waals surface area (Å²) in [5, 5.41) is 12.3. The molecule has 0 aromatic heterocycles. The number of rotatable bonds is 7. The van der Waals surface area contributed by atoms with Crippen LogP contribution in [0.2, 0.25) is 0 Å². The molecule has 1 heterocycles. The molecule has 2 aromatic carbocycles. The monoisotopic (exact) mass is 533 g/mol. The van der Waals surface area contributed by atoms with E-state index in [1.807, 2.05) is 23.1 Å². The first-order valence-corrected chi connectivity index (χ1v) is 14.8. The van der Waals surface area contributed by atoms with Gasteiger partial charge >= 0.3 is 0 Å². The second kappa shape index (κ2) is 10.5. The molecule has 0 bridgehead atoms. The van der Waals surface area contributed by atoms with Crippen LogP contribution in [0.4, 0.5) is 0 Å². The van der Waals surface area contributed by atoms with E-state index in [9.17, 15) is 9.90 Å². The molecule has 3 aliphatic carbocycles. The van der Waals surface area contributed by atoms with Crippen molar-refractivity contribution >= 4 is 5.91 Å². The Morgan fingerprint density at radius 1 is 1.15 bits per heavy atom. The maximum atomic E-state index is 13.3. The van der Waals surface area contributed by atoms with E-state index in [2.05, 4.69) is 44.2 Å². The summed E-state index contributed by atoms with van der Waals surface area (Å²) in [4.78, 5) is 15.3. The van der Waals surface area contributed by atoms with Gasteiger partial charge in [-0.05, 0) is 90.5 Å². The Bertz CT molecular complexity index is 1190. The third kappa shape index (κ3) is 4.30. The molecule has 3 fully saturated rings. The highest BCUT2D eigenvalue weighted by atomic mass is 16.7.